The van der Waals surface area contributed by atoms with E-state index in [0.29, 0.717) is 6.10 Å². The van der Waals surface area contributed by atoms with Gasteiger partial charge in [-0.3, -0.25) is 0 Å². The fourth-order valence-corrected chi connectivity index (χ4v) is 3.22. The molecule has 0 aromatic rings. The van der Waals surface area contributed by atoms with Gasteiger partial charge >= 0.3 is 0 Å². The van der Waals surface area contributed by atoms with Crippen molar-refractivity contribution < 1.29 is 4.74 Å². The second-order valence-electron chi connectivity index (χ2n) is 7.81. The van der Waals surface area contributed by atoms with Crippen LogP contribution in [0.4, 0.5) is 0 Å². The number of rotatable bonds is 5. The Hall–Kier alpha value is -0.0800. The highest BCUT2D eigenvalue weighted by Gasteiger charge is 2.39. The van der Waals surface area contributed by atoms with Gasteiger partial charge in [0.1, 0.15) is 0 Å². The molecule has 0 spiro atoms. The summed E-state index contributed by atoms with van der Waals surface area (Å²) in [6.45, 7) is 10.1. The largest absolute Gasteiger partial charge is 0.370 e. The van der Waals surface area contributed by atoms with Gasteiger partial charge in [-0.05, 0) is 71.6 Å². The molecule has 0 aromatic heterocycles. The van der Waals surface area contributed by atoms with Gasteiger partial charge in [0.05, 0.1) is 11.7 Å². The van der Waals surface area contributed by atoms with Crippen molar-refractivity contribution in [3.8, 4) is 0 Å². The summed E-state index contributed by atoms with van der Waals surface area (Å²) in [5.74, 6) is 0.938. The Labute approximate surface area is 119 Å². The second-order valence-corrected chi connectivity index (χ2v) is 7.81. The average Bonchev–Trinajstić information content (AvgIpc) is 2.32. The lowest BCUT2D eigenvalue weighted by atomic mass is 9.76. The molecule has 0 heterocycles. The molecule has 2 saturated carbocycles. The average molecular weight is 267 g/mol. The topological polar surface area (TPSA) is 21.3 Å². The molecule has 19 heavy (non-hydrogen) atoms. The molecule has 0 unspecified atom stereocenters. The second kappa shape index (κ2) is 6.13. The van der Waals surface area contributed by atoms with E-state index in [1.54, 1.807) is 0 Å². The summed E-state index contributed by atoms with van der Waals surface area (Å²) >= 11 is 0. The smallest absolute Gasteiger partial charge is 0.0810 e. The van der Waals surface area contributed by atoms with Crippen molar-refractivity contribution in [2.75, 3.05) is 6.54 Å². The van der Waals surface area contributed by atoms with E-state index in [4.69, 9.17) is 4.74 Å². The Balaban J connectivity index is 1.92. The summed E-state index contributed by atoms with van der Waals surface area (Å²) in [6, 6.07) is 0. The highest BCUT2D eigenvalue weighted by molar-refractivity contribution is 4.93. The molecule has 0 aliphatic heterocycles. The molecular formula is C17H33NO. The van der Waals surface area contributed by atoms with Crippen LogP contribution in [0, 0.1) is 5.92 Å². The maximum atomic E-state index is 6.54. The number of hydrogen-bond acceptors (Lipinski definition) is 2. The van der Waals surface area contributed by atoms with E-state index in [-0.39, 0.29) is 11.1 Å². The van der Waals surface area contributed by atoms with Gasteiger partial charge in [0.15, 0.2) is 0 Å². The quantitative estimate of drug-likeness (QED) is 0.802. The normalized spacial score (nSPS) is 33.2. The van der Waals surface area contributed by atoms with E-state index in [9.17, 15) is 0 Å². The predicted octanol–water partition coefficient (Wildman–Crippen LogP) is 4.28. The molecule has 0 saturated heterocycles. The third-order valence-corrected chi connectivity index (χ3v) is 5.00. The molecule has 0 radical (unpaired) electrons. The molecule has 2 rings (SSSR count). The van der Waals surface area contributed by atoms with Gasteiger partial charge in [-0.2, -0.15) is 0 Å². The van der Waals surface area contributed by atoms with Gasteiger partial charge in [-0.1, -0.05) is 13.3 Å². The van der Waals surface area contributed by atoms with Crippen LogP contribution in [0.3, 0.4) is 0 Å². The fourth-order valence-electron chi connectivity index (χ4n) is 3.22. The monoisotopic (exact) mass is 267 g/mol. The van der Waals surface area contributed by atoms with E-state index >= 15 is 0 Å². The van der Waals surface area contributed by atoms with E-state index in [1.165, 1.54) is 51.4 Å². The van der Waals surface area contributed by atoms with Crippen LogP contribution in [0.5, 0.6) is 0 Å². The van der Waals surface area contributed by atoms with E-state index < -0.39 is 0 Å². The first-order valence-corrected chi connectivity index (χ1v) is 8.35. The van der Waals surface area contributed by atoms with Crippen LogP contribution < -0.4 is 5.32 Å². The van der Waals surface area contributed by atoms with Crippen LogP contribution in [-0.4, -0.2) is 23.8 Å². The molecule has 2 nitrogen and oxygen atoms in total. The fraction of sp³-hybridized carbons (Fsp3) is 1.00. The first kappa shape index (κ1) is 15.3. The minimum Gasteiger partial charge on any atom is -0.370 e. The summed E-state index contributed by atoms with van der Waals surface area (Å²) in [7, 11) is 0. The van der Waals surface area contributed by atoms with Crippen molar-refractivity contribution in [2.24, 2.45) is 5.92 Å². The third kappa shape index (κ3) is 4.46. The highest BCUT2D eigenvalue weighted by atomic mass is 16.5. The molecule has 0 atom stereocenters. The SMILES string of the molecule is CCC1CCC(CNC(C)(C)C)(OC2CCC2)CC1. The minimum atomic E-state index is 0.129. The molecule has 0 bridgehead atoms. The van der Waals surface area contributed by atoms with Gasteiger partial charge in [0.2, 0.25) is 0 Å². The van der Waals surface area contributed by atoms with Crippen LogP contribution in [0.25, 0.3) is 0 Å². The van der Waals surface area contributed by atoms with Crippen molar-refractivity contribution >= 4 is 0 Å². The molecule has 2 heteroatoms. The Morgan fingerprint density at radius 2 is 1.74 bits per heavy atom. The lowest BCUT2D eigenvalue weighted by Crippen LogP contribution is -2.53. The molecule has 2 aliphatic carbocycles. The zero-order valence-corrected chi connectivity index (χ0v) is 13.4. The summed E-state index contributed by atoms with van der Waals surface area (Å²) in [6.07, 6.45) is 11.1. The zero-order valence-electron chi connectivity index (χ0n) is 13.4. The lowest BCUT2D eigenvalue weighted by molar-refractivity contribution is -0.142. The Morgan fingerprint density at radius 3 is 2.16 bits per heavy atom. The summed E-state index contributed by atoms with van der Waals surface area (Å²) in [4.78, 5) is 0. The number of ether oxygens (including phenoxy) is 1. The van der Waals surface area contributed by atoms with Crippen LogP contribution >= 0.6 is 0 Å². The summed E-state index contributed by atoms with van der Waals surface area (Å²) in [5.41, 5.74) is 0.321. The van der Waals surface area contributed by atoms with Crippen LogP contribution in [0.1, 0.15) is 79.1 Å². The summed E-state index contributed by atoms with van der Waals surface area (Å²) in [5, 5.41) is 3.69. The molecule has 2 fully saturated rings. The molecule has 0 aromatic carbocycles. The lowest BCUT2D eigenvalue weighted by Gasteiger charge is -2.45. The molecule has 0 amide bonds. The summed E-state index contributed by atoms with van der Waals surface area (Å²) < 4.78 is 6.54. The Kier molecular flexibility index (Phi) is 4.94. The van der Waals surface area contributed by atoms with Crippen LogP contribution in [0.2, 0.25) is 0 Å². The van der Waals surface area contributed by atoms with Gasteiger partial charge < -0.3 is 10.1 Å². The van der Waals surface area contributed by atoms with Crippen molar-refractivity contribution in [1.82, 2.24) is 5.32 Å². The van der Waals surface area contributed by atoms with Gasteiger partial charge in [-0.25, -0.2) is 0 Å². The Bertz CT molecular complexity index is 269. The van der Waals surface area contributed by atoms with Gasteiger partial charge in [0, 0.05) is 12.1 Å². The van der Waals surface area contributed by atoms with E-state index in [0.717, 1.165) is 12.5 Å². The molecule has 1 N–H and O–H groups in total. The van der Waals surface area contributed by atoms with Gasteiger partial charge in [0.25, 0.3) is 0 Å². The van der Waals surface area contributed by atoms with Crippen molar-refractivity contribution in [2.45, 2.75) is 96.3 Å². The van der Waals surface area contributed by atoms with Crippen LogP contribution in [0.15, 0.2) is 0 Å². The third-order valence-electron chi connectivity index (χ3n) is 5.00. The van der Waals surface area contributed by atoms with Crippen molar-refractivity contribution in [3.05, 3.63) is 0 Å². The number of nitrogens with one attached hydrogen (secondary N) is 1. The van der Waals surface area contributed by atoms with E-state index in [1.807, 2.05) is 0 Å². The van der Waals surface area contributed by atoms with Crippen molar-refractivity contribution in [1.29, 1.82) is 0 Å². The predicted molar refractivity (Wildman–Crippen MR) is 81.5 cm³/mol. The molecule has 112 valence electrons. The van der Waals surface area contributed by atoms with Crippen molar-refractivity contribution in [3.63, 3.8) is 0 Å². The number of hydrogen-bond donors (Lipinski definition) is 1. The van der Waals surface area contributed by atoms with Gasteiger partial charge in [-0.15, -0.1) is 0 Å². The maximum absolute atomic E-state index is 6.54. The first-order chi connectivity index (χ1) is 8.92. The Morgan fingerprint density at radius 1 is 1.11 bits per heavy atom. The minimum absolute atomic E-state index is 0.129. The maximum Gasteiger partial charge on any atom is 0.0810 e. The zero-order chi connectivity index (χ0) is 13.9. The van der Waals surface area contributed by atoms with Crippen LogP contribution in [-0.2, 0) is 4.74 Å². The standard InChI is InChI=1S/C17H33NO/c1-5-14-9-11-17(12-10-14,13-18-16(2,3)4)19-15-7-6-8-15/h14-15,18H,5-13H2,1-4H3. The molecular weight excluding hydrogens is 234 g/mol. The molecule has 2 aliphatic rings. The highest BCUT2D eigenvalue weighted by Crippen LogP contribution is 2.39. The van der Waals surface area contributed by atoms with E-state index in [2.05, 4.69) is 33.0 Å². The first-order valence-electron chi connectivity index (χ1n) is 8.35.